The first-order valence-corrected chi connectivity index (χ1v) is 8.26. The highest BCUT2D eigenvalue weighted by Gasteiger charge is 2.76. The van der Waals surface area contributed by atoms with E-state index in [1.807, 2.05) is 0 Å². The van der Waals surface area contributed by atoms with Crippen LogP contribution in [-0.4, -0.2) is 67.2 Å². The lowest BCUT2D eigenvalue weighted by Gasteiger charge is -2.48. The molecule has 1 rings (SSSR count). The molecule has 0 aromatic heterocycles. The first kappa shape index (κ1) is 20.5. The monoisotopic (exact) mass is 372 g/mol. The zero-order valence-electron chi connectivity index (χ0n) is 12.5. The highest BCUT2D eigenvalue weighted by molar-refractivity contribution is 7.90. The quantitative estimate of drug-likeness (QED) is 0.408. The van der Waals surface area contributed by atoms with Gasteiger partial charge in [0.25, 0.3) is 10.0 Å². The van der Waals surface area contributed by atoms with Gasteiger partial charge in [-0.15, -0.1) is 0 Å². The average molecular weight is 372 g/mol. The van der Waals surface area contributed by atoms with Crippen molar-refractivity contribution in [2.75, 3.05) is 32.7 Å². The molecule has 0 aromatic carbocycles. The molecule has 0 saturated carbocycles. The molecule has 1 aliphatic heterocycles. The Morgan fingerprint density at radius 3 is 1.87 bits per heavy atom. The van der Waals surface area contributed by atoms with E-state index in [2.05, 4.69) is 0 Å². The van der Waals surface area contributed by atoms with Crippen LogP contribution in [0.1, 0.15) is 20.3 Å². The SMILES string of the molecule is CCC[N+]1([O-])CCN(S(=O)(=O)C(F)(F)C(F)(F)C(C)(F)F)CC1. The van der Waals surface area contributed by atoms with Gasteiger partial charge in [-0.2, -0.15) is 30.6 Å². The summed E-state index contributed by atoms with van der Waals surface area (Å²) in [5, 5.41) is 6.07. The van der Waals surface area contributed by atoms with Crippen molar-refractivity contribution in [3.63, 3.8) is 0 Å². The number of hydrogen-bond donors (Lipinski definition) is 0. The Balaban J connectivity index is 3.05. The Morgan fingerprint density at radius 1 is 1.09 bits per heavy atom. The van der Waals surface area contributed by atoms with Crippen LogP contribution < -0.4 is 0 Å². The molecule has 1 fully saturated rings. The summed E-state index contributed by atoms with van der Waals surface area (Å²) >= 11 is 0. The zero-order valence-corrected chi connectivity index (χ0v) is 13.4. The van der Waals surface area contributed by atoms with E-state index >= 15 is 0 Å². The summed E-state index contributed by atoms with van der Waals surface area (Å²) in [5.74, 6) is -11.3. The fourth-order valence-corrected chi connectivity index (χ4v) is 3.73. The molecule has 0 aromatic rings. The van der Waals surface area contributed by atoms with E-state index < -0.39 is 64.9 Å². The molecule has 5 nitrogen and oxygen atoms in total. The van der Waals surface area contributed by atoms with E-state index in [-0.39, 0.29) is 10.8 Å². The lowest BCUT2D eigenvalue weighted by Crippen LogP contribution is -2.64. The smallest absolute Gasteiger partial charge is 0.427 e. The average Bonchev–Trinajstić information content (AvgIpc) is 2.37. The molecule has 1 saturated heterocycles. The third kappa shape index (κ3) is 3.44. The number of hydrogen-bond acceptors (Lipinski definition) is 3. The number of nitrogens with zero attached hydrogens (tertiary/aromatic N) is 2. The summed E-state index contributed by atoms with van der Waals surface area (Å²) in [4.78, 5) is 0. The van der Waals surface area contributed by atoms with Crippen molar-refractivity contribution in [3.05, 3.63) is 5.21 Å². The minimum Gasteiger partial charge on any atom is -0.633 e. The molecule has 0 amide bonds. The first-order chi connectivity index (χ1) is 10.1. The van der Waals surface area contributed by atoms with Gasteiger partial charge in [0.05, 0.1) is 32.7 Å². The third-order valence-corrected chi connectivity index (χ3v) is 5.67. The molecule has 12 heteroatoms. The van der Waals surface area contributed by atoms with Crippen molar-refractivity contribution < 1.29 is 39.4 Å². The van der Waals surface area contributed by atoms with Crippen LogP contribution in [-0.2, 0) is 10.0 Å². The molecule has 0 bridgehead atoms. The number of quaternary nitrogens is 1. The number of hydroxylamine groups is 3. The van der Waals surface area contributed by atoms with Gasteiger partial charge in [0, 0.05) is 6.92 Å². The second-order valence-corrected chi connectivity index (χ2v) is 7.59. The summed E-state index contributed by atoms with van der Waals surface area (Å²) in [6, 6.07) is 0. The molecule has 0 N–H and O–H groups in total. The molecule has 0 unspecified atom stereocenters. The maximum absolute atomic E-state index is 13.7. The summed E-state index contributed by atoms with van der Waals surface area (Å²) in [5.41, 5.74) is 0. The number of sulfonamides is 1. The van der Waals surface area contributed by atoms with Crippen LogP contribution >= 0.6 is 0 Å². The van der Waals surface area contributed by atoms with E-state index in [4.69, 9.17) is 0 Å². The summed E-state index contributed by atoms with van der Waals surface area (Å²) in [6.45, 7) is -0.936. The van der Waals surface area contributed by atoms with Crippen LogP contribution in [0.3, 0.4) is 0 Å². The third-order valence-electron chi connectivity index (χ3n) is 3.73. The van der Waals surface area contributed by atoms with Gasteiger partial charge in [0.1, 0.15) is 0 Å². The van der Waals surface area contributed by atoms with Crippen LogP contribution in [0.25, 0.3) is 0 Å². The van der Waals surface area contributed by atoms with Gasteiger partial charge in [-0.1, -0.05) is 6.92 Å². The molecule has 0 aliphatic carbocycles. The van der Waals surface area contributed by atoms with E-state index in [9.17, 15) is 40.0 Å². The number of halogens is 6. The van der Waals surface area contributed by atoms with Crippen molar-refractivity contribution in [2.24, 2.45) is 0 Å². The van der Waals surface area contributed by atoms with E-state index in [0.717, 1.165) is 0 Å². The molecule has 138 valence electrons. The van der Waals surface area contributed by atoms with Crippen molar-refractivity contribution in [1.29, 1.82) is 0 Å². The summed E-state index contributed by atoms with van der Waals surface area (Å²) in [6.07, 6.45) is 0.465. The largest absolute Gasteiger partial charge is 0.633 e. The van der Waals surface area contributed by atoms with Gasteiger partial charge in [0.2, 0.25) is 0 Å². The van der Waals surface area contributed by atoms with Crippen molar-refractivity contribution >= 4 is 10.0 Å². The van der Waals surface area contributed by atoms with Gasteiger partial charge in [-0.05, 0) is 6.42 Å². The highest BCUT2D eigenvalue weighted by Crippen LogP contribution is 2.49. The fourth-order valence-electron chi connectivity index (χ4n) is 2.26. The predicted octanol–water partition coefficient (Wildman–Crippen LogP) is 2.24. The van der Waals surface area contributed by atoms with Gasteiger partial charge in [-0.3, -0.25) is 0 Å². The standard InChI is InChI=1S/C11H18F6N2O3S/c1-3-6-19(20)7-4-18(5-8-19)23(21,22)11(16,17)10(14,15)9(2,12)13/h3-8H2,1-2H3. The second kappa shape index (κ2) is 6.05. The van der Waals surface area contributed by atoms with Crippen LogP contribution in [0, 0.1) is 5.21 Å². The Labute approximate surface area is 130 Å². The number of piperazine rings is 1. The van der Waals surface area contributed by atoms with Crippen molar-refractivity contribution in [1.82, 2.24) is 4.31 Å². The lowest BCUT2D eigenvalue weighted by atomic mass is 10.2. The summed E-state index contributed by atoms with van der Waals surface area (Å²) < 4.78 is 102. The molecule has 0 spiro atoms. The predicted molar refractivity (Wildman–Crippen MR) is 69.5 cm³/mol. The normalized spacial score (nSPS) is 21.4. The Morgan fingerprint density at radius 2 is 1.52 bits per heavy atom. The molecule has 23 heavy (non-hydrogen) atoms. The fraction of sp³-hybridized carbons (Fsp3) is 1.00. The topological polar surface area (TPSA) is 60.4 Å². The molecule has 1 aliphatic rings. The van der Waals surface area contributed by atoms with Gasteiger partial charge < -0.3 is 9.85 Å². The molecule has 0 radical (unpaired) electrons. The van der Waals surface area contributed by atoms with Crippen LogP contribution in [0.15, 0.2) is 0 Å². The Hall–Kier alpha value is -0.590. The van der Waals surface area contributed by atoms with Crippen LogP contribution in [0.5, 0.6) is 0 Å². The summed E-state index contributed by atoms with van der Waals surface area (Å²) in [7, 11) is -6.05. The maximum atomic E-state index is 13.7. The van der Waals surface area contributed by atoms with E-state index in [1.165, 1.54) is 0 Å². The van der Waals surface area contributed by atoms with Crippen molar-refractivity contribution in [3.8, 4) is 0 Å². The molecular weight excluding hydrogens is 354 g/mol. The minimum atomic E-state index is -6.08. The van der Waals surface area contributed by atoms with Crippen LogP contribution in [0.2, 0.25) is 0 Å². The Kier molecular flexibility index (Phi) is 5.38. The molecule has 0 atom stereocenters. The van der Waals surface area contributed by atoms with Crippen LogP contribution in [0.4, 0.5) is 26.3 Å². The lowest BCUT2D eigenvalue weighted by molar-refractivity contribution is -0.884. The highest BCUT2D eigenvalue weighted by atomic mass is 32.2. The van der Waals surface area contributed by atoms with Gasteiger partial charge in [-0.25, -0.2) is 8.42 Å². The number of alkyl halides is 6. The van der Waals surface area contributed by atoms with Gasteiger partial charge >= 0.3 is 17.1 Å². The minimum absolute atomic E-state index is 0.0172. The van der Waals surface area contributed by atoms with E-state index in [1.54, 1.807) is 6.92 Å². The Bertz CT molecular complexity index is 526. The van der Waals surface area contributed by atoms with E-state index in [0.29, 0.717) is 6.42 Å². The second-order valence-electron chi connectivity index (χ2n) is 5.61. The first-order valence-electron chi connectivity index (χ1n) is 6.82. The zero-order chi connectivity index (χ0) is 18.3. The number of rotatable bonds is 6. The van der Waals surface area contributed by atoms with Crippen molar-refractivity contribution in [2.45, 2.75) is 37.4 Å². The molecular formula is C11H18F6N2O3S. The van der Waals surface area contributed by atoms with Gasteiger partial charge in [0.15, 0.2) is 0 Å². The maximum Gasteiger partial charge on any atom is 0.427 e. The molecule has 1 heterocycles.